The normalized spacial score (nSPS) is 11.3. The van der Waals surface area contributed by atoms with Crippen molar-refractivity contribution in [1.29, 1.82) is 0 Å². The molecule has 0 radical (unpaired) electrons. The Balaban J connectivity index is 2.23. The molecule has 0 aliphatic rings. The van der Waals surface area contributed by atoms with Gasteiger partial charge in [0.25, 0.3) is 5.91 Å². The Kier molecular flexibility index (Phi) is 4.75. The number of aryl methyl sites for hydroxylation is 1. The first-order chi connectivity index (χ1) is 10.0. The van der Waals surface area contributed by atoms with Crippen LogP contribution in [0.4, 0.5) is 5.69 Å². The summed E-state index contributed by atoms with van der Waals surface area (Å²) in [5.74, 6) is -0.197. The third-order valence-electron chi connectivity index (χ3n) is 3.06. The van der Waals surface area contributed by atoms with Crippen molar-refractivity contribution in [3.8, 4) is 0 Å². The van der Waals surface area contributed by atoms with Crippen LogP contribution >= 0.6 is 15.9 Å². The number of anilines is 1. The highest BCUT2D eigenvalue weighted by Crippen LogP contribution is 2.20. The van der Waals surface area contributed by atoms with Gasteiger partial charge in [-0.05, 0) is 59.6 Å². The first-order valence-corrected chi connectivity index (χ1v) is 7.17. The van der Waals surface area contributed by atoms with Gasteiger partial charge < -0.3 is 10.5 Å². The van der Waals surface area contributed by atoms with E-state index < -0.39 is 0 Å². The van der Waals surface area contributed by atoms with E-state index >= 15 is 0 Å². The van der Waals surface area contributed by atoms with Crippen molar-refractivity contribution in [3.63, 3.8) is 0 Å². The zero-order chi connectivity index (χ0) is 15.4. The summed E-state index contributed by atoms with van der Waals surface area (Å²) in [5.41, 5.74) is 3.53. The van der Waals surface area contributed by atoms with E-state index in [1.807, 2.05) is 25.1 Å². The maximum atomic E-state index is 12.3. The van der Waals surface area contributed by atoms with Crippen LogP contribution in [0.3, 0.4) is 0 Å². The summed E-state index contributed by atoms with van der Waals surface area (Å²) in [5, 5.41) is 14.8. The lowest BCUT2D eigenvalue weighted by molar-refractivity contribution is 0.102. The minimum atomic E-state index is -0.197. The van der Waals surface area contributed by atoms with E-state index in [0.29, 0.717) is 17.0 Å². The Labute approximate surface area is 131 Å². The number of carbonyl (C=O) groups is 1. The standard InChI is InChI=1S/C16H15BrN2O2/c1-10-6-7-14(15(17)8-10)16(20)18-13-5-3-4-12(9-13)11(2)19-21/h3-9,21H,1-2H3,(H,18,20)/b19-11-. The molecule has 0 aliphatic heterocycles. The summed E-state index contributed by atoms with van der Waals surface area (Å²) >= 11 is 3.40. The third-order valence-corrected chi connectivity index (χ3v) is 3.71. The molecule has 0 saturated heterocycles. The Morgan fingerprint density at radius 1 is 1.24 bits per heavy atom. The molecule has 1 amide bonds. The highest BCUT2D eigenvalue weighted by atomic mass is 79.9. The number of benzene rings is 2. The van der Waals surface area contributed by atoms with Crippen LogP contribution in [0.5, 0.6) is 0 Å². The average Bonchev–Trinajstić information content (AvgIpc) is 2.46. The van der Waals surface area contributed by atoms with Crippen LogP contribution in [0, 0.1) is 6.92 Å². The minimum Gasteiger partial charge on any atom is -0.411 e. The van der Waals surface area contributed by atoms with Gasteiger partial charge in [-0.15, -0.1) is 0 Å². The Hall–Kier alpha value is -2.14. The molecule has 4 nitrogen and oxygen atoms in total. The number of rotatable bonds is 3. The van der Waals surface area contributed by atoms with Gasteiger partial charge in [-0.3, -0.25) is 4.79 Å². The quantitative estimate of drug-likeness (QED) is 0.496. The van der Waals surface area contributed by atoms with Crippen LogP contribution in [0.2, 0.25) is 0 Å². The maximum Gasteiger partial charge on any atom is 0.256 e. The highest BCUT2D eigenvalue weighted by Gasteiger charge is 2.10. The molecular formula is C16H15BrN2O2. The number of nitrogens with zero attached hydrogens (tertiary/aromatic N) is 1. The molecule has 2 aromatic carbocycles. The van der Waals surface area contributed by atoms with Gasteiger partial charge in [0.15, 0.2) is 0 Å². The zero-order valence-corrected chi connectivity index (χ0v) is 13.3. The third kappa shape index (κ3) is 3.70. The van der Waals surface area contributed by atoms with Gasteiger partial charge in [-0.25, -0.2) is 0 Å². The van der Waals surface area contributed by atoms with E-state index in [-0.39, 0.29) is 5.91 Å². The molecule has 0 unspecified atom stereocenters. The minimum absolute atomic E-state index is 0.197. The molecule has 0 aromatic heterocycles. The second-order valence-corrected chi connectivity index (χ2v) is 5.56. The summed E-state index contributed by atoms with van der Waals surface area (Å²) in [4.78, 5) is 12.3. The number of nitrogens with one attached hydrogen (secondary N) is 1. The molecule has 2 rings (SSSR count). The second-order valence-electron chi connectivity index (χ2n) is 4.70. The number of hydrogen-bond donors (Lipinski definition) is 2. The Morgan fingerprint density at radius 2 is 2.00 bits per heavy atom. The number of amides is 1. The molecule has 5 heteroatoms. The topological polar surface area (TPSA) is 61.7 Å². The van der Waals surface area contributed by atoms with E-state index in [1.165, 1.54) is 0 Å². The van der Waals surface area contributed by atoms with Crippen LogP contribution in [-0.4, -0.2) is 16.8 Å². The molecule has 0 heterocycles. The van der Waals surface area contributed by atoms with Crippen molar-refractivity contribution >= 4 is 33.2 Å². The summed E-state index contributed by atoms with van der Waals surface area (Å²) in [6.45, 7) is 3.66. The van der Waals surface area contributed by atoms with Crippen molar-refractivity contribution in [2.45, 2.75) is 13.8 Å². The van der Waals surface area contributed by atoms with E-state index in [2.05, 4.69) is 26.4 Å². The molecule has 0 atom stereocenters. The number of hydrogen-bond acceptors (Lipinski definition) is 3. The van der Waals surface area contributed by atoms with Crippen molar-refractivity contribution in [3.05, 3.63) is 63.6 Å². The lowest BCUT2D eigenvalue weighted by Crippen LogP contribution is -2.13. The largest absolute Gasteiger partial charge is 0.411 e. The molecule has 0 aliphatic carbocycles. The van der Waals surface area contributed by atoms with E-state index in [0.717, 1.165) is 15.6 Å². The van der Waals surface area contributed by atoms with Crippen molar-refractivity contribution < 1.29 is 10.0 Å². The van der Waals surface area contributed by atoms with Crippen molar-refractivity contribution in [1.82, 2.24) is 0 Å². The van der Waals surface area contributed by atoms with Crippen LogP contribution in [0.25, 0.3) is 0 Å². The Bertz CT molecular complexity index is 711. The van der Waals surface area contributed by atoms with Crippen LogP contribution in [0.15, 0.2) is 52.1 Å². The van der Waals surface area contributed by atoms with Crippen molar-refractivity contribution in [2.75, 3.05) is 5.32 Å². The van der Waals surface area contributed by atoms with Gasteiger partial charge in [-0.2, -0.15) is 0 Å². The van der Waals surface area contributed by atoms with Crippen LogP contribution in [0.1, 0.15) is 28.4 Å². The molecule has 108 valence electrons. The average molecular weight is 347 g/mol. The molecule has 2 N–H and O–H groups in total. The van der Waals surface area contributed by atoms with E-state index in [9.17, 15) is 4.79 Å². The summed E-state index contributed by atoms with van der Waals surface area (Å²) in [7, 11) is 0. The smallest absolute Gasteiger partial charge is 0.256 e. The monoisotopic (exact) mass is 346 g/mol. The molecule has 0 bridgehead atoms. The van der Waals surface area contributed by atoms with Crippen LogP contribution < -0.4 is 5.32 Å². The molecule has 21 heavy (non-hydrogen) atoms. The highest BCUT2D eigenvalue weighted by molar-refractivity contribution is 9.10. The number of oxime groups is 1. The first kappa shape index (κ1) is 15.3. The molecule has 2 aromatic rings. The summed E-state index contributed by atoms with van der Waals surface area (Å²) in [6, 6.07) is 12.7. The number of carbonyl (C=O) groups excluding carboxylic acids is 1. The van der Waals surface area contributed by atoms with Crippen molar-refractivity contribution in [2.24, 2.45) is 5.16 Å². The van der Waals surface area contributed by atoms with Gasteiger partial charge in [0.2, 0.25) is 0 Å². The van der Waals surface area contributed by atoms with Gasteiger partial charge in [0, 0.05) is 15.7 Å². The molecular weight excluding hydrogens is 332 g/mol. The lowest BCUT2D eigenvalue weighted by Gasteiger charge is -2.09. The zero-order valence-electron chi connectivity index (χ0n) is 11.7. The number of halogens is 1. The SMILES string of the molecule is C/C(=N/O)c1cccc(NC(=O)c2ccc(C)cc2Br)c1. The fourth-order valence-electron chi connectivity index (χ4n) is 1.88. The Morgan fingerprint density at radius 3 is 2.67 bits per heavy atom. The lowest BCUT2D eigenvalue weighted by atomic mass is 10.1. The fourth-order valence-corrected chi connectivity index (χ4v) is 2.56. The van der Waals surface area contributed by atoms with Gasteiger partial charge in [0.1, 0.15) is 0 Å². The summed E-state index contributed by atoms with van der Waals surface area (Å²) in [6.07, 6.45) is 0. The predicted molar refractivity (Wildman–Crippen MR) is 87.3 cm³/mol. The maximum absolute atomic E-state index is 12.3. The van der Waals surface area contributed by atoms with E-state index in [4.69, 9.17) is 5.21 Å². The molecule has 0 spiro atoms. The first-order valence-electron chi connectivity index (χ1n) is 6.38. The van der Waals surface area contributed by atoms with E-state index in [1.54, 1.807) is 31.2 Å². The van der Waals surface area contributed by atoms with Gasteiger partial charge in [-0.1, -0.05) is 23.4 Å². The second kappa shape index (κ2) is 6.54. The van der Waals surface area contributed by atoms with Gasteiger partial charge in [0.05, 0.1) is 11.3 Å². The fraction of sp³-hybridized carbons (Fsp3) is 0.125. The molecule has 0 saturated carbocycles. The summed E-state index contributed by atoms with van der Waals surface area (Å²) < 4.78 is 0.754. The van der Waals surface area contributed by atoms with Crippen LogP contribution in [-0.2, 0) is 0 Å². The predicted octanol–water partition coefficient (Wildman–Crippen LogP) is 4.21. The molecule has 0 fully saturated rings. The van der Waals surface area contributed by atoms with Gasteiger partial charge >= 0.3 is 0 Å².